The normalized spacial score (nSPS) is 11.4. The van der Waals surface area contributed by atoms with Crippen LogP contribution in [0.25, 0.3) is 0 Å². The standard InChI is InChI=1S/C11H9F3N4O2S/c1-6-7(3-2-4-8(6)18(19)20)5-15-10-17-16-9(21-10)11(12,13)14/h2-4H,5H2,1H3,(H,15,17). The molecular weight excluding hydrogens is 309 g/mol. The summed E-state index contributed by atoms with van der Waals surface area (Å²) in [7, 11) is 0. The van der Waals surface area contributed by atoms with Crippen molar-refractivity contribution in [1.82, 2.24) is 10.2 Å². The van der Waals surface area contributed by atoms with Crippen LogP contribution >= 0.6 is 11.3 Å². The van der Waals surface area contributed by atoms with Gasteiger partial charge < -0.3 is 5.32 Å². The Hall–Kier alpha value is -2.23. The molecule has 1 aromatic carbocycles. The van der Waals surface area contributed by atoms with E-state index in [2.05, 4.69) is 15.5 Å². The monoisotopic (exact) mass is 318 g/mol. The highest BCUT2D eigenvalue weighted by molar-refractivity contribution is 7.15. The Bertz CT molecular complexity index is 672. The van der Waals surface area contributed by atoms with Crippen molar-refractivity contribution in [3.05, 3.63) is 44.4 Å². The molecule has 21 heavy (non-hydrogen) atoms. The van der Waals surface area contributed by atoms with Crippen molar-refractivity contribution in [2.24, 2.45) is 0 Å². The third-order valence-electron chi connectivity index (χ3n) is 2.71. The van der Waals surface area contributed by atoms with Gasteiger partial charge in [0.05, 0.1) is 4.92 Å². The first-order valence-electron chi connectivity index (χ1n) is 5.66. The average molecular weight is 318 g/mol. The van der Waals surface area contributed by atoms with Crippen LogP contribution in [0.5, 0.6) is 0 Å². The quantitative estimate of drug-likeness (QED) is 0.690. The fraction of sp³-hybridized carbons (Fsp3) is 0.273. The number of nitro benzene ring substituents is 1. The molecule has 2 rings (SSSR count). The van der Waals surface area contributed by atoms with Crippen molar-refractivity contribution < 1.29 is 18.1 Å². The first-order chi connectivity index (χ1) is 9.79. The molecule has 2 aromatic rings. The molecule has 0 saturated carbocycles. The first kappa shape index (κ1) is 15.2. The summed E-state index contributed by atoms with van der Waals surface area (Å²) in [4.78, 5) is 10.3. The van der Waals surface area contributed by atoms with Gasteiger partial charge in [-0.3, -0.25) is 10.1 Å². The number of aromatic nitrogens is 2. The molecule has 1 heterocycles. The maximum absolute atomic E-state index is 12.4. The van der Waals surface area contributed by atoms with Crippen LogP contribution in [-0.2, 0) is 12.7 Å². The van der Waals surface area contributed by atoms with Crippen LogP contribution in [0, 0.1) is 17.0 Å². The SMILES string of the molecule is Cc1c(CNc2nnc(C(F)(F)F)s2)cccc1[N+](=O)[O-]. The molecule has 0 aliphatic rings. The molecule has 0 aliphatic carbocycles. The molecule has 10 heteroatoms. The first-order valence-corrected chi connectivity index (χ1v) is 6.48. The maximum atomic E-state index is 12.4. The summed E-state index contributed by atoms with van der Waals surface area (Å²) in [6.45, 7) is 1.70. The molecular formula is C11H9F3N4O2S. The van der Waals surface area contributed by atoms with Crippen LogP contribution in [0.2, 0.25) is 0 Å². The third-order valence-corrected chi connectivity index (χ3v) is 3.64. The minimum Gasteiger partial charge on any atom is -0.356 e. The predicted octanol–water partition coefficient (Wildman–Crippen LogP) is 3.39. The van der Waals surface area contributed by atoms with Crippen molar-refractivity contribution in [1.29, 1.82) is 0 Å². The number of halogens is 3. The average Bonchev–Trinajstić information content (AvgIpc) is 2.86. The fourth-order valence-electron chi connectivity index (χ4n) is 1.64. The second-order valence-corrected chi connectivity index (χ2v) is 5.06. The highest BCUT2D eigenvalue weighted by atomic mass is 32.1. The van der Waals surface area contributed by atoms with E-state index in [4.69, 9.17) is 0 Å². The molecule has 1 aromatic heterocycles. The Balaban J connectivity index is 2.12. The summed E-state index contributed by atoms with van der Waals surface area (Å²) in [5, 5.41) is 18.9. The summed E-state index contributed by atoms with van der Waals surface area (Å²) in [6, 6.07) is 4.54. The lowest BCUT2D eigenvalue weighted by Gasteiger charge is -2.06. The molecule has 0 aliphatic heterocycles. The van der Waals surface area contributed by atoms with Crippen molar-refractivity contribution in [3.63, 3.8) is 0 Å². The highest BCUT2D eigenvalue weighted by Gasteiger charge is 2.35. The maximum Gasteiger partial charge on any atom is 0.445 e. The van der Waals surface area contributed by atoms with Gasteiger partial charge in [0, 0.05) is 18.2 Å². The zero-order chi connectivity index (χ0) is 15.6. The number of anilines is 1. The van der Waals surface area contributed by atoms with E-state index in [9.17, 15) is 23.3 Å². The minimum absolute atomic E-state index is 0.00762. The lowest BCUT2D eigenvalue weighted by Crippen LogP contribution is -2.03. The van der Waals surface area contributed by atoms with Gasteiger partial charge in [-0.15, -0.1) is 10.2 Å². The van der Waals surface area contributed by atoms with E-state index in [0.717, 1.165) is 0 Å². The Morgan fingerprint density at radius 2 is 2.10 bits per heavy atom. The summed E-state index contributed by atoms with van der Waals surface area (Å²) in [5.41, 5.74) is 1.02. The van der Waals surface area contributed by atoms with Gasteiger partial charge in [0.1, 0.15) is 0 Å². The molecule has 0 radical (unpaired) electrons. The number of rotatable bonds is 4. The molecule has 0 spiro atoms. The van der Waals surface area contributed by atoms with Gasteiger partial charge in [-0.25, -0.2) is 0 Å². The molecule has 0 unspecified atom stereocenters. The van der Waals surface area contributed by atoms with E-state index in [0.29, 0.717) is 22.5 Å². The van der Waals surface area contributed by atoms with Gasteiger partial charge in [0.15, 0.2) is 0 Å². The molecule has 0 bridgehead atoms. The number of nitrogens with zero attached hydrogens (tertiary/aromatic N) is 3. The molecule has 6 nitrogen and oxygen atoms in total. The molecule has 1 N–H and O–H groups in total. The van der Waals surface area contributed by atoms with Gasteiger partial charge in [-0.1, -0.05) is 23.5 Å². The number of benzene rings is 1. The van der Waals surface area contributed by atoms with Crippen molar-refractivity contribution in [3.8, 4) is 0 Å². The lowest BCUT2D eigenvalue weighted by molar-refractivity contribution is -0.385. The fourth-order valence-corrected chi connectivity index (χ4v) is 2.25. The summed E-state index contributed by atoms with van der Waals surface area (Å²) < 4.78 is 37.1. The van der Waals surface area contributed by atoms with Gasteiger partial charge in [0.2, 0.25) is 10.1 Å². The topological polar surface area (TPSA) is 81.0 Å². The Labute approximate surface area is 120 Å². The number of alkyl halides is 3. The number of hydrogen-bond acceptors (Lipinski definition) is 6. The van der Waals surface area contributed by atoms with Gasteiger partial charge in [0.25, 0.3) is 5.69 Å². The Morgan fingerprint density at radius 1 is 1.38 bits per heavy atom. The highest BCUT2D eigenvalue weighted by Crippen LogP contribution is 2.33. The van der Waals surface area contributed by atoms with Crippen molar-refractivity contribution >= 4 is 22.2 Å². The zero-order valence-corrected chi connectivity index (χ0v) is 11.5. The van der Waals surface area contributed by atoms with Crippen LogP contribution < -0.4 is 5.32 Å². The van der Waals surface area contributed by atoms with Crippen LogP contribution in [0.4, 0.5) is 24.0 Å². The van der Waals surface area contributed by atoms with E-state index >= 15 is 0 Å². The van der Waals surface area contributed by atoms with E-state index < -0.39 is 16.1 Å². The molecule has 0 fully saturated rings. The Morgan fingerprint density at radius 3 is 2.67 bits per heavy atom. The largest absolute Gasteiger partial charge is 0.445 e. The van der Waals surface area contributed by atoms with E-state index in [-0.39, 0.29) is 17.4 Å². The van der Waals surface area contributed by atoms with Crippen LogP contribution in [0.15, 0.2) is 18.2 Å². The van der Waals surface area contributed by atoms with E-state index in [1.807, 2.05) is 0 Å². The van der Waals surface area contributed by atoms with Gasteiger partial charge >= 0.3 is 6.18 Å². The number of nitrogens with one attached hydrogen (secondary N) is 1. The smallest absolute Gasteiger partial charge is 0.356 e. The van der Waals surface area contributed by atoms with Crippen LogP contribution in [-0.4, -0.2) is 15.1 Å². The van der Waals surface area contributed by atoms with Gasteiger partial charge in [-0.05, 0) is 12.5 Å². The summed E-state index contributed by atoms with van der Waals surface area (Å²) >= 11 is 0.383. The van der Waals surface area contributed by atoms with Gasteiger partial charge in [-0.2, -0.15) is 13.2 Å². The molecule has 0 amide bonds. The lowest BCUT2D eigenvalue weighted by atomic mass is 10.1. The summed E-state index contributed by atoms with van der Waals surface area (Å²) in [6.07, 6.45) is -4.53. The van der Waals surface area contributed by atoms with Crippen LogP contribution in [0.3, 0.4) is 0 Å². The van der Waals surface area contributed by atoms with Crippen molar-refractivity contribution in [2.45, 2.75) is 19.6 Å². The van der Waals surface area contributed by atoms with Crippen LogP contribution in [0.1, 0.15) is 16.1 Å². The second-order valence-electron chi connectivity index (χ2n) is 4.08. The summed E-state index contributed by atoms with van der Waals surface area (Å²) in [5.74, 6) is 0. The van der Waals surface area contributed by atoms with Crippen molar-refractivity contribution in [2.75, 3.05) is 5.32 Å². The molecule has 112 valence electrons. The molecule has 0 atom stereocenters. The molecule has 0 saturated heterocycles. The minimum atomic E-state index is -4.53. The van der Waals surface area contributed by atoms with E-state index in [1.165, 1.54) is 12.1 Å². The third kappa shape index (κ3) is 3.45. The predicted molar refractivity (Wildman–Crippen MR) is 70.1 cm³/mol. The van der Waals surface area contributed by atoms with E-state index in [1.54, 1.807) is 13.0 Å². The Kier molecular flexibility index (Phi) is 4.07. The number of nitro groups is 1. The second kappa shape index (κ2) is 5.64. The zero-order valence-electron chi connectivity index (χ0n) is 10.6. The number of hydrogen-bond donors (Lipinski definition) is 1.